The van der Waals surface area contributed by atoms with E-state index in [1.165, 1.54) is 11.3 Å². The van der Waals surface area contributed by atoms with Gasteiger partial charge >= 0.3 is 0 Å². The van der Waals surface area contributed by atoms with E-state index in [9.17, 15) is 5.11 Å². The topological polar surface area (TPSA) is 33.1 Å². The van der Waals surface area contributed by atoms with Crippen LogP contribution in [0.2, 0.25) is 5.15 Å². The molecule has 0 spiro atoms. The maximum atomic E-state index is 9.21. The van der Waals surface area contributed by atoms with E-state index in [1.54, 1.807) is 24.1 Å². The van der Waals surface area contributed by atoms with Crippen molar-refractivity contribution in [2.45, 2.75) is 29.5 Å². The van der Waals surface area contributed by atoms with E-state index in [2.05, 4.69) is 4.98 Å². The van der Waals surface area contributed by atoms with E-state index in [0.29, 0.717) is 5.15 Å². The van der Waals surface area contributed by atoms with Gasteiger partial charge in [-0.15, -0.1) is 11.3 Å². The van der Waals surface area contributed by atoms with E-state index in [0.717, 1.165) is 4.34 Å². The average molecular weight is 224 g/mol. The second-order valence-electron chi connectivity index (χ2n) is 2.50. The van der Waals surface area contributed by atoms with Gasteiger partial charge in [0.1, 0.15) is 5.15 Å². The smallest absolute Gasteiger partial charge is 0.151 e. The van der Waals surface area contributed by atoms with Crippen molar-refractivity contribution in [1.82, 2.24) is 4.98 Å². The number of hydrogen-bond acceptors (Lipinski definition) is 4. The van der Waals surface area contributed by atoms with Crippen molar-refractivity contribution in [3.63, 3.8) is 0 Å². The zero-order valence-corrected chi connectivity index (χ0v) is 9.21. The van der Waals surface area contributed by atoms with Crippen molar-refractivity contribution in [3.8, 4) is 0 Å². The normalized spacial score (nSPS) is 16.0. The number of aliphatic hydroxyl groups excluding tert-OH is 1. The molecular weight excluding hydrogens is 214 g/mol. The van der Waals surface area contributed by atoms with Crippen LogP contribution in [-0.4, -0.2) is 21.4 Å². The van der Waals surface area contributed by atoms with Crippen LogP contribution in [-0.2, 0) is 0 Å². The van der Waals surface area contributed by atoms with Gasteiger partial charge in [0.25, 0.3) is 0 Å². The van der Waals surface area contributed by atoms with E-state index < -0.39 is 0 Å². The summed E-state index contributed by atoms with van der Waals surface area (Å²) >= 11 is 8.70. The molecule has 2 unspecified atom stereocenters. The third-order valence-electron chi connectivity index (χ3n) is 1.42. The summed E-state index contributed by atoms with van der Waals surface area (Å²) in [5.41, 5.74) is 0. The molecule has 1 rings (SSSR count). The molecule has 0 saturated carbocycles. The second-order valence-corrected chi connectivity index (χ2v) is 5.37. The number of thiazole rings is 1. The highest BCUT2D eigenvalue weighted by atomic mass is 35.5. The van der Waals surface area contributed by atoms with Gasteiger partial charge in [0.2, 0.25) is 0 Å². The quantitative estimate of drug-likeness (QED) is 0.800. The molecule has 5 heteroatoms. The van der Waals surface area contributed by atoms with Gasteiger partial charge in [-0.1, -0.05) is 30.3 Å². The Kier molecular flexibility index (Phi) is 3.83. The van der Waals surface area contributed by atoms with Crippen LogP contribution in [0.25, 0.3) is 0 Å². The Hall–Kier alpha value is 0.230. The first-order valence-electron chi connectivity index (χ1n) is 3.55. The molecule has 0 aromatic carbocycles. The molecule has 0 amide bonds. The average Bonchev–Trinajstić information content (AvgIpc) is 2.35. The minimum Gasteiger partial charge on any atom is -0.392 e. The molecule has 68 valence electrons. The van der Waals surface area contributed by atoms with Crippen LogP contribution in [0.3, 0.4) is 0 Å². The lowest BCUT2D eigenvalue weighted by Crippen LogP contribution is -2.14. The standard InChI is InChI=1S/C7H10ClNOS2/c1-4(10)5(2)12-7-9-6(8)3-11-7/h3-5,10H,1-2H3. The van der Waals surface area contributed by atoms with Gasteiger partial charge in [0.15, 0.2) is 4.34 Å². The number of hydrogen-bond donors (Lipinski definition) is 1. The number of thioether (sulfide) groups is 1. The van der Waals surface area contributed by atoms with E-state index in [4.69, 9.17) is 11.6 Å². The first-order chi connectivity index (χ1) is 5.59. The molecule has 0 saturated heterocycles. The zero-order valence-electron chi connectivity index (χ0n) is 6.82. The van der Waals surface area contributed by atoms with Crippen molar-refractivity contribution < 1.29 is 5.11 Å². The summed E-state index contributed by atoms with van der Waals surface area (Å²) < 4.78 is 0.911. The molecule has 12 heavy (non-hydrogen) atoms. The van der Waals surface area contributed by atoms with Crippen LogP contribution in [0.4, 0.5) is 0 Å². The number of aliphatic hydroxyl groups is 1. The monoisotopic (exact) mass is 223 g/mol. The molecular formula is C7H10ClNOS2. The summed E-state index contributed by atoms with van der Waals surface area (Å²) in [5, 5.41) is 11.7. The van der Waals surface area contributed by atoms with Gasteiger partial charge in [-0.3, -0.25) is 0 Å². The molecule has 0 radical (unpaired) electrons. The summed E-state index contributed by atoms with van der Waals surface area (Å²) in [4.78, 5) is 4.07. The summed E-state index contributed by atoms with van der Waals surface area (Å²) in [5.74, 6) is 0. The lowest BCUT2D eigenvalue weighted by molar-refractivity contribution is 0.196. The Morgan fingerprint density at radius 3 is 2.75 bits per heavy atom. The lowest BCUT2D eigenvalue weighted by atomic mass is 10.3. The number of nitrogens with zero attached hydrogens (tertiary/aromatic N) is 1. The summed E-state index contributed by atoms with van der Waals surface area (Å²) in [6, 6.07) is 0. The predicted molar refractivity (Wildman–Crippen MR) is 54.1 cm³/mol. The molecule has 0 bridgehead atoms. The van der Waals surface area contributed by atoms with Gasteiger partial charge in [-0.25, -0.2) is 4.98 Å². The highest BCUT2D eigenvalue weighted by molar-refractivity contribution is 8.01. The maximum absolute atomic E-state index is 9.21. The summed E-state index contributed by atoms with van der Waals surface area (Å²) in [6.45, 7) is 3.73. The minimum absolute atomic E-state index is 0.159. The SMILES string of the molecule is CC(O)C(C)Sc1nc(Cl)cs1. The van der Waals surface area contributed by atoms with Gasteiger partial charge < -0.3 is 5.11 Å². The third-order valence-corrected chi connectivity index (χ3v) is 4.01. The van der Waals surface area contributed by atoms with E-state index in [-0.39, 0.29) is 11.4 Å². The van der Waals surface area contributed by atoms with E-state index in [1.807, 2.05) is 6.92 Å². The molecule has 0 aliphatic heterocycles. The predicted octanol–water partition coefficient (Wildman–Crippen LogP) is 2.66. The van der Waals surface area contributed by atoms with Crippen LogP contribution in [0, 0.1) is 0 Å². The maximum Gasteiger partial charge on any atom is 0.151 e. The van der Waals surface area contributed by atoms with Gasteiger partial charge in [0.05, 0.1) is 6.10 Å². The third kappa shape index (κ3) is 2.94. The Labute approximate surface area is 85.0 Å². The largest absolute Gasteiger partial charge is 0.392 e. The van der Waals surface area contributed by atoms with Crippen molar-refractivity contribution in [1.29, 1.82) is 0 Å². The molecule has 1 N–H and O–H groups in total. The highest BCUT2D eigenvalue weighted by Gasteiger charge is 2.12. The van der Waals surface area contributed by atoms with Crippen LogP contribution in [0.15, 0.2) is 9.72 Å². The molecule has 2 nitrogen and oxygen atoms in total. The van der Waals surface area contributed by atoms with Crippen LogP contribution < -0.4 is 0 Å². The molecule has 0 fully saturated rings. The van der Waals surface area contributed by atoms with Gasteiger partial charge in [-0.2, -0.15) is 0 Å². The Morgan fingerprint density at radius 1 is 1.67 bits per heavy atom. The van der Waals surface area contributed by atoms with E-state index >= 15 is 0 Å². The summed E-state index contributed by atoms with van der Waals surface area (Å²) in [7, 11) is 0. The zero-order chi connectivity index (χ0) is 9.14. The molecule has 1 heterocycles. The summed E-state index contributed by atoms with van der Waals surface area (Å²) in [6.07, 6.45) is -0.322. The fraction of sp³-hybridized carbons (Fsp3) is 0.571. The molecule has 0 aliphatic carbocycles. The molecule has 0 aliphatic rings. The first kappa shape index (κ1) is 10.3. The van der Waals surface area contributed by atoms with Crippen molar-refractivity contribution in [2.24, 2.45) is 0 Å². The van der Waals surface area contributed by atoms with Crippen molar-refractivity contribution in [3.05, 3.63) is 10.5 Å². The minimum atomic E-state index is -0.322. The molecule has 1 aromatic heterocycles. The fourth-order valence-corrected chi connectivity index (χ4v) is 2.76. The first-order valence-corrected chi connectivity index (χ1v) is 5.69. The van der Waals surface area contributed by atoms with Crippen LogP contribution >= 0.6 is 34.7 Å². The molecule has 2 atom stereocenters. The van der Waals surface area contributed by atoms with Crippen molar-refractivity contribution >= 4 is 34.7 Å². The van der Waals surface area contributed by atoms with Gasteiger partial charge in [-0.05, 0) is 6.92 Å². The second kappa shape index (κ2) is 4.46. The van der Waals surface area contributed by atoms with Crippen LogP contribution in [0.1, 0.15) is 13.8 Å². The van der Waals surface area contributed by atoms with Gasteiger partial charge in [0, 0.05) is 10.6 Å². The van der Waals surface area contributed by atoms with Crippen LogP contribution in [0.5, 0.6) is 0 Å². The lowest BCUT2D eigenvalue weighted by Gasteiger charge is -2.11. The Balaban J connectivity index is 2.52. The Bertz CT molecular complexity index is 251. The molecule has 1 aromatic rings. The number of halogens is 1. The number of aromatic nitrogens is 1. The van der Waals surface area contributed by atoms with Crippen molar-refractivity contribution in [2.75, 3.05) is 0 Å². The highest BCUT2D eigenvalue weighted by Crippen LogP contribution is 2.29. The Morgan fingerprint density at radius 2 is 2.33 bits per heavy atom. The number of rotatable bonds is 3. The fourth-order valence-electron chi connectivity index (χ4n) is 0.551.